The van der Waals surface area contributed by atoms with E-state index in [1.54, 1.807) is 0 Å². The van der Waals surface area contributed by atoms with Gasteiger partial charge >= 0.3 is 0 Å². The molecule has 0 N–H and O–H groups in total. The van der Waals surface area contributed by atoms with E-state index in [1.165, 1.54) is 20.9 Å². The van der Waals surface area contributed by atoms with Crippen molar-refractivity contribution in [3.05, 3.63) is 49.1 Å². The van der Waals surface area contributed by atoms with Gasteiger partial charge in [0.1, 0.15) is 0 Å². The van der Waals surface area contributed by atoms with E-state index in [2.05, 4.69) is 43.4 Å². The van der Waals surface area contributed by atoms with Gasteiger partial charge in [-0.2, -0.15) is 0 Å². The molecule has 16 heavy (non-hydrogen) atoms. The van der Waals surface area contributed by atoms with Crippen LogP contribution in [0, 0.1) is 14.9 Å². The normalized spacial score (nSPS) is 17.9. The van der Waals surface area contributed by atoms with Crippen molar-refractivity contribution in [2.24, 2.45) is 0 Å². The molecule has 1 atom stereocenters. The molecule has 0 radical (unpaired) electrons. The fourth-order valence-corrected chi connectivity index (χ4v) is 3.10. The summed E-state index contributed by atoms with van der Waals surface area (Å²) in [4.78, 5) is 1.47. The van der Waals surface area contributed by atoms with Crippen molar-refractivity contribution in [2.45, 2.75) is 17.1 Å². The maximum atomic E-state index is 2.34. The van der Waals surface area contributed by atoms with Crippen LogP contribution in [0.1, 0.15) is 12.5 Å². The number of fused-ring (bicyclic) bond motifs is 3. The SMILES string of the molecule is CC1C=c2ccc3c(c2S1)C=CC=3.[CH3-].[CH3-].[Hf]. The van der Waals surface area contributed by atoms with Gasteiger partial charge in [0, 0.05) is 36.0 Å². The molecular weight excluding hydrogens is 379 g/mol. The van der Waals surface area contributed by atoms with Crippen molar-refractivity contribution in [1.82, 2.24) is 0 Å². The van der Waals surface area contributed by atoms with Gasteiger partial charge in [0.15, 0.2) is 0 Å². The molecule has 0 saturated heterocycles. The topological polar surface area (TPSA) is 0 Å². The smallest absolute Gasteiger partial charge is 0.0255 e. The Balaban J connectivity index is 0.000000750. The van der Waals surface area contributed by atoms with Gasteiger partial charge in [0.25, 0.3) is 0 Å². The number of rotatable bonds is 0. The Labute approximate surface area is 121 Å². The van der Waals surface area contributed by atoms with Gasteiger partial charge < -0.3 is 14.9 Å². The van der Waals surface area contributed by atoms with Gasteiger partial charge in [-0.3, -0.25) is 0 Å². The van der Waals surface area contributed by atoms with Gasteiger partial charge in [-0.25, -0.2) is 0 Å². The molecule has 1 unspecified atom stereocenters. The molecule has 1 aromatic rings. The summed E-state index contributed by atoms with van der Waals surface area (Å²) in [5.41, 5.74) is 1.42. The van der Waals surface area contributed by atoms with Crippen LogP contribution < -0.4 is 10.4 Å². The summed E-state index contributed by atoms with van der Waals surface area (Å²) < 4.78 is 0. The van der Waals surface area contributed by atoms with Gasteiger partial charge in [-0.1, -0.05) is 36.4 Å². The molecule has 2 heteroatoms. The Morgan fingerprint density at radius 3 is 2.56 bits per heavy atom. The number of benzene rings is 1. The van der Waals surface area contributed by atoms with Crippen molar-refractivity contribution in [3.8, 4) is 0 Å². The Hall–Kier alpha value is -0.0799. The maximum absolute atomic E-state index is 2.34. The van der Waals surface area contributed by atoms with Crippen LogP contribution in [0.3, 0.4) is 0 Å². The van der Waals surface area contributed by atoms with Crippen LogP contribution in [0.25, 0.3) is 18.2 Å². The van der Waals surface area contributed by atoms with Crippen molar-refractivity contribution < 1.29 is 25.8 Å². The number of hydrogen-bond donors (Lipinski definition) is 0. The summed E-state index contributed by atoms with van der Waals surface area (Å²) in [5, 5.41) is 3.42. The molecule has 1 aromatic carbocycles. The van der Waals surface area contributed by atoms with E-state index in [4.69, 9.17) is 0 Å². The Kier molecular flexibility index (Phi) is 5.99. The fraction of sp³-hybridized carbons (Fsp3) is 0.143. The average molecular weight is 395 g/mol. The van der Waals surface area contributed by atoms with Crippen LogP contribution >= 0.6 is 11.8 Å². The number of hydrogen-bond acceptors (Lipinski definition) is 1. The fourth-order valence-electron chi connectivity index (χ4n) is 1.93. The summed E-state index contributed by atoms with van der Waals surface area (Å²) in [7, 11) is 0. The van der Waals surface area contributed by atoms with Crippen LogP contribution in [0.4, 0.5) is 0 Å². The number of allylic oxidation sites excluding steroid dienone is 1. The molecule has 0 aromatic heterocycles. The molecule has 0 bridgehead atoms. The minimum absolute atomic E-state index is 0. The predicted molar refractivity (Wildman–Crippen MR) is 71.8 cm³/mol. The van der Waals surface area contributed by atoms with E-state index in [0.29, 0.717) is 5.25 Å². The molecule has 0 spiro atoms. The predicted octanol–water partition coefficient (Wildman–Crippen LogP) is 2.67. The molecule has 84 valence electrons. The zero-order valence-electron chi connectivity index (χ0n) is 9.95. The van der Waals surface area contributed by atoms with Gasteiger partial charge in [-0.05, 0) is 22.9 Å². The zero-order valence-corrected chi connectivity index (χ0v) is 14.4. The second kappa shape index (κ2) is 6.02. The first-order valence-electron chi connectivity index (χ1n) is 4.54. The Morgan fingerprint density at radius 2 is 1.81 bits per heavy atom. The first-order valence-corrected chi connectivity index (χ1v) is 5.42. The third-order valence-corrected chi connectivity index (χ3v) is 3.72. The molecule has 0 saturated carbocycles. The quantitative estimate of drug-likeness (QED) is 0.481. The molecule has 0 fully saturated rings. The molecule has 3 rings (SSSR count). The summed E-state index contributed by atoms with van der Waals surface area (Å²) in [6.45, 7) is 2.25. The first-order chi connectivity index (χ1) is 6.34. The zero-order chi connectivity index (χ0) is 8.84. The molecule has 2 aliphatic rings. The van der Waals surface area contributed by atoms with E-state index in [9.17, 15) is 0 Å². The van der Waals surface area contributed by atoms with Crippen LogP contribution in [0.2, 0.25) is 0 Å². The third kappa shape index (κ3) is 2.43. The summed E-state index contributed by atoms with van der Waals surface area (Å²) in [6.07, 6.45) is 8.87. The first kappa shape index (κ1) is 15.9. The average Bonchev–Trinajstić information content (AvgIpc) is 2.65. The van der Waals surface area contributed by atoms with Gasteiger partial charge in [0.05, 0.1) is 0 Å². The maximum Gasteiger partial charge on any atom is 0.0255 e. The van der Waals surface area contributed by atoms with E-state index in [1.807, 2.05) is 11.8 Å². The summed E-state index contributed by atoms with van der Waals surface area (Å²) in [5.74, 6) is 0. The second-order valence-corrected chi connectivity index (χ2v) is 4.89. The standard InChI is InChI=1S/C12H10S.2CH3.Hf/c1-8-7-10-6-5-9-3-2-4-11(9)12(10)13-8;;;/h2-8H,1H3;2*1H3;/q;2*-1;. The van der Waals surface area contributed by atoms with Crippen LogP contribution in [-0.2, 0) is 25.8 Å². The minimum atomic E-state index is 0. The van der Waals surface area contributed by atoms with Crippen LogP contribution in [0.15, 0.2) is 23.1 Å². The molecule has 1 aliphatic heterocycles. The Morgan fingerprint density at radius 1 is 1.12 bits per heavy atom. The second-order valence-electron chi connectivity index (χ2n) is 3.50. The third-order valence-electron chi connectivity index (χ3n) is 2.52. The molecule has 1 aliphatic carbocycles. The summed E-state index contributed by atoms with van der Waals surface area (Å²) >= 11 is 1.97. The van der Waals surface area contributed by atoms with E-state index in [-0.39, 0.29) is 40.7 Å². The van der Waals surface area contributed by atoms with E-state index in [0.717, 1.165) is 0 Å². The van der Waals surface area contributed by atoms with Crippen LogP contribution in [0.5, 0.6) is 0 Å². The largest absolute Gasteiger partial charge is 0.358 e. The van der Waals surface area contributed by atoms with E-state index >= 15 is 0 Å². The molecule has 0 nitrogen and oxygen atoms in total. The van der Waals surface area contributed by atoms with Gasteiger partial charge in [0.2, 0.25) is 0 Å². The van der Waals surface area contributed by atoms with Gasteiger partial charge in [-0.15, -0.1) is 11.8 Å². The number of thioether (sulfide) groups is 1. The van der Waals surface area contributed by atoms with Crippen LogP contribution in [-0.4, -0.2) is 5.25 Å². The van der Waals surface area contributed by atoms with Crippen molar-refractivity contribution in [2.75, 3.05) is 0 Å². The Bertz CT molecular complexity index is 514. The molecule has 1 heterocycles. The van der Waals surface area contributed by atoms with E-state index < -0.39 is 0 Å². The minimum Gasteiger partial charge on any atom is -0.358 e. The van der Waals surface area contributed by atoms with Crippen molar-refractivity contribution >= 4 is 30.0 Å². The summed E-state index contributed by atoms with van der Waals surface area (Å²) in [6, 6.07) is 4.44. The monoisotopic (exact) mass is 396 g/mol. The molecular formula is C14H16HfS-2. The molecule has 0 amide bonds. The van der Waals surface area contributed by atoms with Crippen molar-refractivity contribution in [1.29, 1.82) is 0 Å². The van der Waals surface area contributed by atoms with Crippen molar-refractivity contribution in [3.63, 3.8) is 0 Å².